The van der Waals surface area contributed by atoms with Gasteiger partial charge < -0.3 is 5.11 Å². The second-order valence-corrected chi connectivity index (χ2v) is 5.72. The van der Waals surface area contributed by atoms with Crippen molar-refractivity contribution < 1.29 is 5.11 Å². The van der Waals surface area contributed by atoms with E-state index in [1.54, 1.807) is 0 Å². The van der Waals surface area contributed by atoms with Crippen molar-refractivity contribution in [3.63, 3.8) is 0 Å². The van der Waals surface area contributed by atoms with Gasteiger partial charge in [-0.15, -0.1) is 0 Å². The molecular formula is C20H26O. The largest absolute Gasteiger partial charge is 0.396 e. The predicted octanol–water partition coefficient (Wildman–Crippen LogP) is 4.81. The minimum atomic E-state index is 0.285. The van der Waals surface area contributed by atoms with E-state index in [1.165, 1.54) is 11.1 Å². The molecule has 0 radical (unpaired) electrons. The van der Waals surface area contributed by atoms with Crippen molar-refractivity contribution in [3.05, 3.63) is 71.8 Å². The molecule has 0 aliphatic rings. The maximum Gasteiger partial charge on any atom is 0.0433 e. The molecule has 0 fully saturated rings. The van der Waals surface area contributed by atoms with Crippen LogP contribution in [0.2, 0.25) is 0 Å². The Morgan fingerprint density at radius 3 is 2.05 bits per heavy atom. The third-order valence-electron chi connectivity index (χ3n) is 4.41. The molecule has 0 spiro atoms. The number of aryl methyl sites for hydroxylation is 1. The second-order valence-electron chi connectivity index (χ2n) is 5.72. The van der Waals surface area contributed by atoms with Gasteiger partial charge in [-0.05, 0) is 42.2 Å². The molecule has 0 aromatic heterocycles. The first-order valence-corrected chi connectivity index (χ1v) is 8.05. The summed E-state index contributed by atoms with van der Waals surface area (Å²) in [7, 11) is 0. The van der Waals surface area contributed by atoms with Gasteiger partial charge in [-0.2, -0.15) is 0 Å². The number of rotatable bonds is 8. The van der Waals surface area contributed by atoms with Crippen molar-refractivity contribution in [1.82, 2.24) is 0 Å². The molecule has 0 amide bonds. The highest BCUT2D eigenvalue weighted by Crippen LogP contribution is 2.33. The Labute approximate surface area is 128 Å². The monoisotopic (exact) mass is 282 g/mol. The van der Waals surface area contributed by atoms with Gasteiger partial charge >= 0.3 is 0 Å². The molecule has 2 aromatic carbocycles. The lowest BCUT2D eigenvalue weighted by Gasteiger charge is -2.26. The van der Waals surface area contributed by atoms with Crippen LogP contribution in [0.5, 0.6) is 0 Å². The van der Waals surface area contributed by atoms with Gasteiger partial charge in [0.05, 0.1) is 0 Å². The molecule has 2 unspecified atom stereocenters. The lowest BCUT2D eigenvalue weighted by molar-refractivity contribution is 0.235. The molecule has 0 saturated carbocycles. The summed E-state index contributed by atoms with van der Waals surface area (Å²) in [5.41, 5.74) is 2.81. The molecule has 2 atom stereocenters. The summed E-state index contributed by atoms with van der Waals surface area (Å²) < 4.78 is 0. The maximum absolute atomic E-state index is 9.35. The Bertz CT molecular complexity index is 492. The average Bonchev–Trinajstić information content (AvgIpc) is 2.56. The Balaban J connectivity index is 2.11. The van der Waals surface area contributed by atoms with Gasteiger partial charge in [-0.1, -0.05) is 74.0 Å². The number of aliphatic hydroxyl groups is 1. The van der Waals surface area contributed by atoms with Crippen molar-refractivity contribution in [3.8, 4) is 0 Å². The van der Waals surface area contributed by atoms with E-state index >= 15 is 0 Å². The Morgan fingerprint density at radius 2 is 1.48 bits per heavy atom. The molecule has 0 bridgehead atoms. The van der Waals surface area contributed by atoms with E-state index < -0.39 is 0 Å². The normalized spacial score (nSPS) is 13.8. The number of hydrogen-bond acceptors (Lipinski definition) is 1. The fraction of sp³-hybridized carbons (Fsp3) is 0.400. The first kappa shape index (κ1) is 15.8. The van der Waals surface area contributed by atoms with Gasteiger partial charge in [0.25, 0.3) is 0 Å². The molecule has 21 heavy (non-hydrogen) atoms. The van der Waals surface area contributed by atoms with Crippen LogP contribution in [0.25, 0.3) is 0 Å². The third kappa shape index (κ3) is 4.71. The average molecular weight is 282 g/mol. The molecule has 112 valence electrons. The molecular weight excluding hydrogens is 256 g/mol. The number of hydrogen-bond donors (Lipinski definition) is 1. The molecule has 1 heteroatoms. The fourth-order valence-electron chi connectivity index (χ4n) is 3.20. The van der Waals surface area contributed by atoms with E-state index in [1.807, 2.05) is 0 Å². The minimum absolute atomic E-state index is 0.285. The van der Waals surface area contributed by atoms with Crippen molar-refractivity contribution in [2.45, 2.75) is 38.5 Å². The topological polar surface area (TPSA) is 20.2 Å². The first-order valence-electron chi connectivity index (χ1n) is 8.05. The van der Waals surface area contributed by atoms with Crippen LogP contribution >= 0.6 is 0 Å². The molecule has 0 aliphatic carbocycles. The Hall–Kier alpha value is -1.60. The smallest absolute Gasteiger partial charge is 0.0433 e. The predicted molar refractivity (Wildman–Crippen MR) is 89.4 cm³/mol. The molecule has 1 N–H and O–H groups in total. The Kier molecular flexibility index (Phi) is 6.49. The van der Waals surface area contributed by atoms with E-state index in [9.17, 15) is 5.11 Å². The minimum Gasteiger partial charge on any atom is -0.396 e. The maximum atomic E-state index is 9.35. The molecule has 0 saturated heterocycles. The van der Waals surface area contributed by atoms with Gasteiger partial charge in [-0.25, -0.2) is 0 Å². The second kappa shape index (κ2) is 8.63. The summed E-state index contributed by atoms with van der Waals surface area (Å²) in [4.78, 5) is 0. The van der Waals surface area contributed by atoms with Crippen LogP contribution in [0.15, 0.2) is 60.7 Å². The van der Waals surface area contributed by atoms with Crippen LogP contribution < -0.4 is 0 Å². The zero-order chi connectivity index (χ0) is 14.9. The zero-order valence-corrected chi connectivity index (χ0v) is 12.9. The van der Waals surface area contributed by atoms with Crippen molar-refractivity contribution in [2.24, 2.45) is 5.92 Å². The summed E-state index contributed by atoms with van der Waals surface area (Å²) in [5, 5.41) is 9.35. The quantitative estimate of drug-likeness (QED) is 0.736. The molecule has 2 rings (SSSR count). The molecule has 2 aromatic rings. The van der Waals surface area contributed by atoms with E-state index in [0.717, 1.165) is 25.7 Å². The number of benzene rings is 2. The van der Waals surface area contributed by atoms with Crippen molar-refractivity contribution in [2.75, 3.05) is 6.61 Å². The van der Waals surface area contributed by atoms with Crippen LogP contribution in [0, 0.1) is 5.92 Å². The standard InChI is InChI=1S/C20H26O/c1-2-18(15-16-21)20(19-11-7-4-8-12-19)14-13-17-9-5-3-6-10-17/h3-12,18,20-21H,2,13-16H2,1H3. The first-order chi connectivity index (χ1) is 10.3. The summed E-state index contributed by atoms with van der Waals surface area (Å²) >= 11 is 0. The molecule has 1 nitrogen and oxygen atoms in total. The molecule has 0 heterocycles. The number of aliphatic hydroxyl groups excluding tert-OH is 1. The van der Waals surface area contributed by atoms with Crippen LogP contribution in [0.1, 0.15) is 43.2 Å². The van der Waals surface area contributed by atoms with Crippen molar-refractivity contribution >= 4 is 0 Å². The van der Waals surface area contributed by atoms with Gasteiger partial charge in [0.2, 0.25) is 0 Å². The molecule has 0 aliphatic heterocycles. The lowest BCUT2D eigenvalue weighted by Crippen LogP contribution is -2.15. The van der Waals surface area contributed by atoms with E-state index in [0.29, 0.717) is 11.8 Å². The van der Waals surface area contributed by atoms with Crippen LogP contribution in [0.4, 0.5) is 0 Å². The van der Waals surface area contributed by atoms with Gasteiger partial charge in [0.1, 0.15) is 0 Å². The van der Waals surface area contributed by atoms with Crippen LogP contribution in [-0.2, 0) is 6.42 Å². The highest BCUT2D eigenvalue weighted by Gasteiger charge is 2.21. The van der Waals surface area contributed by atoms with Gasteiger partial charge in [-0.3, -0.25) is 0 Å². The SMILES string of the molecule is CCC(CCO)C(CCc1ccccc1)c1ccccc1. The fourth-order valence-corrected chi connectivity index (χ4v) is 3.20. The van der Waals surface area contributed by atoms with Gasteiger partial charge in [0.15, 0.2) is 0 Å². The highest BCUT2D eigenvalue weighted by atomic mass is 16.3. The van der Waals surface area contributed by atoms with Crippen LogP contribution in [0.3, 0.4) is 0 Å². The van der Waals surface area contributed by atoms with E-state index in [2.05, 4.69) is 67.6 Å². The summed E-state index contributed by atoms with van der Waals surface area (Å²) in [5.74, 6) is 1.09. The lowest BCUT2D eigenvalue weighted by atomic mass is 9.79. The van der Waals surface area contributed by atoms with Crippen LogP contribution in [-0.4, -0.2) is 11.7 Å². The Morgan fingerprint density at radius 1 is 0.857 bits per heavy atom. The van der Waals surface area contributed by atoms with E-state index in [4.69, 9.17) is 0 Å². The third-order valence-corrected chi connectivity index (χ3v) is 4.41. The zero-order valence-electron chi connectivity index (χ0n) is 12.9. The summed E-state index contributed by atoms with van der Waals surface area (Å²) in [6.45, 7) is 2.52. The van der Waals surface area contributed by atoms with Gasteiger partial charge in [0, 0.05) is 6.61 Å². The summed E-state index contributed by atoms with van der Waals surface area (Å²) in [6, 6.07) is 21.5. The van der Waals surface area contributed by atoms with Crippen molar-refractivity contribution in [1.29, 1.82) is 0 Å². The highest BCUT2D eigenvalue weighted by molar-refractivity contribution is 5.22. The summed E-state index contributed by atoms with van der Waals surface area (Å²) in [6.07, 6.45) is 4.26. The van der Waals surface area contributed by atoms with E-state index in [-0.39, 0.29) is 6.61 Å².